The van der Waals surface area contributed by atoms with E-state index < -0.39 is 6.10 Å². The summed E-state index contributed by atoms with van der Waals surface area (Å²) in [6, 6.07) is 18.6. The Morgan fingerprint density at radius 3 is 2.04 bits per heavy atom. The summed E-state index contributed by atoms with van der Waals surface area (Å²) in [5.41, 5.74) is 1.96. The number of rotatable bonds is 5. The predicted molar refractivity (Wildman–Crippen MR) is 112 cm³/mol. The lowest BCUT2D eigenvalue weighted by Gasteiger charge is -2.15. The van der Waals surface area contributed by atoms with E-state index in [2.05, 4.69) is 4.57 Å². The molecular formula is C21H16Cl3NO2. The Hall–Kier alpha value is -1.91. The first-order chi connectivity index (χ1) is 13.0. The number of para-hydroxylation sites is 1. The van der Waals surface area contributed by atoms with Crippen LogP contribution in [0.3, 0.4) is 0 Å². The molecule has 0 aliphatic carbocycles. The van der Waals surface area contributed by atoms with Gasteiger partial charge in [-0.2, -0.15) is 0 Å². The van der Waals surface area contributed by atoms with Gasteiger partial charge in [-0.05, 0) is 48.5 Å². The molecule has 4 rings (SSSR count). The Morgan fingerprint density at radius 2 is 1.44 bits per heavy atom. The molecule has 0 fully saturated rings. The van der Waals surface area contributed by atoms with Crippen LogP contribution in [0.5, 0.6) is 5.75 Å². The van der Waals surface area contributed by atoms with E-state index in [4.69, 9.17) is 39.5 Å². The molecule has 0 radical (unpaired) electrons. The van der Waals surface area contributed by atoms with E-state index in [1.165, 1.54) is 0 Å². The molecule has 1 N–H and O–H groups in total. The van der Waals surface area contributed by atoms with Crippen molar-refractivity contribution in [2.24, 2.45) is 0 Å². The number of aromatic nitrogens is 1. The lowest BCUT2D eigenvalue weighted by molar-refractivity contribution is 0.0945. The largest absolute Gasteiger partial charge is 0.489 e. The van der Waals surface area contributed by atoms with Crippen molar-refractivity contribution in [2.75, 3.05) is 6.61 Å². The van der Waals surface area contributed by atoms with Gasteiger partial charge in [-0.1, -0.05) is 46.9 Å². The van der Waals surface area contributed by atoms with Gasteiger partial charge in [-0.15, -0.1) is 0 Å². The summed E-state index contributed by atoms with van der Waals surface area (Å²) in [7, 11) is 0. The Kier molecular flexibility index (Phi) is 5.20. The summed E-state index contributed by atoms with van der Waals surface area (Å²) in [5.74, 6) is 0.555. The number of fused-ring (bicyclic) bond motifs is 3. The van der Waals surface area contributed by atoms with Gasteiger partial charge < -0.3 is 14.4 Å². The first-order valence-corrected chi connectivity index (χ1v) is 9.59. The number of hydrogen-bond acceptors (Lipinski definition) is 2. The van der Waals surface area contributed by atoms with Crippen LogP contribution in [-0.2, 0) is 6.54 Å². The lowest BCUT2D eigenvalue weighted by Crippen LogP contribution is -2.23. The quantitative estimate of drug-likeness (QED) is 0.417. The maximum absolute atomic E-state index is 10.6. The van der Waals surface area contributed by atoms with Crippen LogP contribution in [0.15, 0.2) is 60.7 Å². The molecule has 4 aromatic rings. The van der Waals surface area contributed by atoms with Gasteiger partial charge in [-0.25, -0.2) is 0 Å². The zero-order chi connectivity index (χ0) is 19.0. The van der Waals surface area contributed by atoms with Crippen molar-refractivity contribution in [1.29, 1.82) is 0 Å². The average molecular weight is 421 g/mol. The first-order valence-electron chi connectivity index (χ1n) is 8.45. The molecule has 0 spiro atoms. The number of hydrogen-bond donors (Lipinski definition) is 1. The molecule has 0 bridgehead atoms. The molecule has 1 heterocycles. The molecule has 1 atom stereocenters. The van der Waals surface area contributed by atoms with E-state index in [0.29, 0.717) is 27.4 Å². The van der Waals surface area contributed by atoms with E-state index in [9.17, 15) is 5.11 Å². The monoisotopic (exact) mass is 419 g/mol. The maximum atomic E-state index is 10.6. The summed E-state index contributed by atoms with van der Waals surface area (Å²) < 4.78 is 7.73. The van der Waals surface area contributed by atoms with Crippen LogP contribution in [0.25, 0.3) is 21.8 Å². The fourth-order valence-corrected chi connectivity index (χ4v) is 3.79. The van der Waals surface area contributed by atoms with Gasteiger partial charge in [0.05, 0.1) is 11.6 Å². The first kappa shape index (κ1) is 18.5. The van der Waals surface area contributed by atoms with E-state index in [0.717, 1.165) is 21.8 Å². The minimum Gasteiger partial charge on any atom is -0.489 e. The third kappa shape index (κ3) is 3.74. The standard InChI is InChI=1S/C21H16Cl3NO2/c22-13-5-7-19-16(9-13)17-10-14(23)6-8-20(17)25(19)11-15(26)12-27-21-4-2-1-3-18(21)24/h1-10,15,26H,11-12H2. The highest BCUT2D eigenvalue weighted by Gasteiger charge is 2.15. The Labute approximate surface area is 171 Å². The van der Waals surface area contributed by atoms with E-state index >= 15 is 0 Å². The van der Waals surface area contributed by atoms with Crippen molar-refractivity contribution in [1.82, 2.24) is 4.57 Å². The summed E-state index contributed by atoms with van der Waals surface area (Å²) in [6.45, 7) is 0.500. The van der Waals surface area contributed by atoms with Gasteiger partial charge in [0.15, 0.2) is 0 Å². The minimum atomic E-state index is -0.716. The van der Waals surface area contributed by atoms with Crippen molar-refractivity contribution in [3.05, 3.63) is 75.7 Å². The normalized spacial score (nSPS) is 12.6. The van der Waals surface area contributed by atoms with Crippen molar-refractivity contribution >= 4 is 56.6 Å². The van der Waals surface area contributed by atoms with Crippen LogP contribution < -0.4 is 4.74 Å². The summed E-state index contributed by atoms with van der Waals surface area (Å²) in [4.78, 5) is 0. The fourth-order valence-electron chi connectivity index (χ4n) is 3.26. The summed E-state index contributed by atoms with van der Waals surface area (Å²) in [6.07, 6.45) is -0.716. The third-order valence-electron chi connectivity index (χ3n) is 4.45. The number of nitrogens with zero attached hydrogens (tertiary/aromatic N) is 1. The molecule has 6 heteroatoms. The van der Waals surface area contributed by atoms with Gasteiger partial charge in [-0.3, -0.25) is 0 Å². The minimum absolute atomic E-state index is 0.131. The van der Waals surface area contributed by atoms with Crippen molar-refractivity contribution < 1.29 is 9.84 Å². The molecule has 3 aromatic carbocycles. The number of aliphatic hydroxyl groups is 1. The second kappa shape index (κ2) is 7.61. The molecular weight excluding hydrogens is 405 g/mol. The van der Waals surface area contributed by atoms with Crippen LogP contribution in [0.1, 0.15) is 0 Å². The Bertz CT molecular complexity index is 1060. The molecule has 27 heavy (non-hydrogen) atoms. The molecule has 138 valence electrons. The Balaban J connectivity index is 1.65. The van der Waals surface area contributed by atoms with Gasteiger partial charge in [0.1, 0.15) is 18.5 Å². The topological polar surface area (TPSA) is 34.4 Å². The molecule has 0 saturated heterocycles. The zero-order valence-corrected chi connectivity index (χ0v) is 16.5. The molecule has 0 aliphatic rings. The maximum Gasteiger partial charge on any atom is 0.138 e. The zero-order valence-electron chi connectivity index (χ0n) is 14.2. The Morgan fingerprint density at radius 1 is 0.852 bits per heavy atom. The van der Waals surface area contributed by atoms with Crippen molar-refractivity contribution in [2.45, 2.75) is 12.6 Å². The van der Waals surface area contributed by atoms with Crippen molar-refractivity contribution in [3.8, 4) is 5.75 Å². The number of benzene rings is 3. The smallest absolute Gasteiger partial charge is 0.138 e. The lowest BCUT2D eigenvalue weighted by atomic mass is 10.1. The van der Waals surface area contributed by atoms with E-state index in [1.54, 1.807) is 12.1 Å². The number of halogens is 3. The molecule has 0 aliphatic heterocycles. The van der Waals surface area contributed by atoms with E-state index in [1.807, 2.05) is 48.5 Å². The van der Waals surface area contributed by atoms with Crippen LogP contribution in [0.4, 0.5) is 0 Å². The van der Waals surface area contributed by atoms with Gasteiger partial charge in [0, 0.05) is 31.9 Å². The second-order valence-electron chi connectivity index (χ2n) is 6.33. The predicted octanol–water partition coefficient (Wildman–Crippen LogP) is 6.19. The molecule has 0 saturated carbocycles. The SMILES string of the molecule is OC(COc1ccccc1Cl)Cn1c2ccc(Cl)cc2c2cc(Cl)ccc21. The highest BCUT2D eigenvalue weighted by molar-refractivity contribution is 6.33. The molecule has 1 aromatic heterocycles. The van der Waals surface area contributed by atoms with E-state index in [-0.39, 0.29) is 6.61 Å². The third-order valence-corrected chi connectivity index (χ3v) is 5.23. The summed E-state index contributed by atoms with van der Waals surface area (Å²) in [5, 5.41) is 14.4. The molecule has 0 amide bonds. The number of aliphatic hydroxyl groups excluding tert-OH is 1. The average Bonchev–Trinajstić information content (AvgIpc) is 2.93. The van der Waals surface area contributed by atoms with Gasteiger partial charge in [0.2, 0.25) is 0 Å². The van der Waals surface area contributed by atoms with Crippen molar-refractivity contribution in [3.63, 3.8) is 0 Å². The van der Waals surface area contributed by atoms with Crippen LogP contribution in [0, 0.1) is 0 Å². The molecule has 1 unspecified atom stereocenters. The highest BCUT2D eigenvalue weighted by atomic mass is 35.5. The highest BCUT2D eigenvalue weighted by Crippen LogP contribution is 2.33. The number of ether oxygens (including phenoxy) is 1. The van der Waals surface area contributed by atoms with Crippen LogP contribution >= 0.6 is 34.8 Å². The molecule has 3 nitrogen and oxygen atoms in total. The van der Waals surface area contributed by atoms with Crippen LogP contribution in [0.2, 0.25) is 15.1 Å². The fraction of sp³-hybridized carbons (Fsp3) is 0.143. The van der Waals surface area contributed by atoms with Crippen LogP contribution in [-0.4, -0.2) is 22.4 Å². The van der Waals surface area contributed by atoms with Gasteiger partial charge >= 0.3 is 0 Å². The summed E-state index contributed by atoms with van der Waals surface area (Å²) >= 11 is 18.5. The van der Waals surface area contributed by atoms with Gasteiger partial charge in [0.25, 0.3) is 0 Å². The second-order valence-corrected chi connectivity index (χ2v) is 7.61.